The van der Waals surface area contributed by atoms with E-state index in [9.17, 15) is 13.6 Å². The minimum absolute atomic E-state index is 0.115. The average molecular weight is 268 g/mol. The standard InChI is InChI=1S/C12H10F2N2O3/c1-6-4-7(19-16-6)5-15-9-3-2-8(12(17)18)10(13)11(9)14/h2-4,15H,5H2,1H3,(H,17,18). The molecule has 5 nitrogen and oxygen atoms in total. The molecule has 1 heterocycles. The molecule has 2 N–H and O–H groups in total. The lowest BCUT2D eigenvalue weighted by Gasteiger charge is -2.07. The molecule has 2 aromatic rings. The van der Waals surface area contributed by atoms with E-state index in [1.54, 1.807) is 13.0 Å². The molecule has 0 amide bonds. The summed E-state index contributed by atoms with van der Waals surface area (Å²) in [5.74, 6) is -3.70. The van der Waals surface area contributed by atoms with Gasteiger partial charge in [-0.05, 0) is 19.1 Å². The second kappa shape index (κ2) is 5.05. The maximum Gasteiger partial charge on any atom is 0.338 e. The third kappa shape index (κ3) is 2.70. The van der Waals surface area contributed by atoms with Crippen LogP contribution in [-0.2, 0) is 6.54 Å². The Morgan fingerprint density at radius 1 is 1.42 bits per heavy atom. The molecule has 0 aliphatic heterocycles. The number of hydrogen-bond donors (Lipinski definition) is 2. The molecule has 0 saturated carbocycles. The number of aryl methyl sites for hydroxylation is 1. The van der Waals surface area contributed by atoms with E-state index in [0.29, 0.717) is 11.5 Å². The Kier molecular flexibility index (Phi) is 3.46. The second-order valence-electron chi connectivity index (χ2n) is 3.88. The second-order valence-corrected chi connectivity index (χ2v) is 3.88. The molecule has 0 aliphatic carbocycles. The fourth-order valence-electron chi connectivity index (χ4n) is 1.53. The van der Waals surface area contributed by atoms with Crippen LogP contribution < -0.4 is 5.32 Å². The van der Waals surface area contributed by atoms with Crippen molar-refractivity contribution in [1.82, 2.24) is 5.16 Å². The van der Waals surface area contributed by atoms with Crippen molar-refractivity contribution in [3.05, 3.63) is 46.9 Å². The molecule has 19 heavy (non-hydrogen) atoms. The van der Waals surface area contributed by atoms with Gasteiger partial charge in [-0.1, -0.05) is 5.16 Å². The number of anilines is 1. The van der Waals surface area contributed by atoms with Crippen molar-refractivity contribution in [2.24, 2.45) is 0 Å². The number of carbonyl (C=O) groups is 1. The molecule has 0 saturated heterocycles. The normalized spacial score (nSPS) is 10.5. The Balaban J connectivity index is 2.17. The summed E-state index contributed by atoms with van der Waals surface area (Å²) in [6.07, 6.45) is 0. The van der Waals surface area contributed by atoms with Gasteiger partial charge in [0.15, 0.2) is 17.4 Å². The molecule has 0 aliphatic rings. The van der Waals surface area contributed by atoms with Crippen LogP contribution in [-0.4, -0.2) is 16.2 Å². The molecule has 7 heteroatoms. The molecule has 100 valence electrons. The van der Waals surface area contributed by atoms with Crippen LogP contribution in [0.4, 0.5) is 14.5 Å². The van der Waals surface area contributed by atoms with Crippen LogP contribution in [0, 0.1) is 18.6 Å². The van der Waals surface area contributed by atoms with E-state index in [0.717, 1.165) is 12.1 Å². The lowest BCUT2D eigenvalue weighted by molar-refractivity contribution is 0.0690. The molecule has 0 unspecified atom stereocenters. The molecular weight excluding hydrogens is 258 g/mol. The number of carboxylic acid groups (broad SMARTS) is 1. The van der Waals surface area contributed by atoms with Crippen LogP contribution in [0.15, 0.2) is 22.7 Å². The number of carboxylic acids is 1. The first-order valence-electron chi connectivity index (χ1n) is 5.36. The quantitative estimate of drug-likeness (QED) is 0.891. The molecule has 0 spiro atoms. The van der Waals surface area contributed by atoms with Crippen LogP contribution >= 0.6 is 0 Å². The summed E-state index contributed by atoms with van der Waals surface area (Å²) < 4.78 is 31.9. The topological polar surface area (TPSA) is 75.4 Å². The highest BCUT2D eigenvalue weighted by molar-refractivity contribution is 5.88. The fraction of sp³-hybridized carbons (Fsp3) is 0.167. The van der Waals surface area contributed by atoms with Crippen molar-refractivity contribution >= 4 is 11.7 Å². The number of benzene rings is 1. The van der Waals surface area contributed by atoms with Crippen LogP contribution in [0.2, 0.25) is 0 Å². The van der Waals surface area contributed by atoms with E-state index < -0.39 is 23.2 Å². The first-order valence-corrected chi connectivity index (χ1v) is 5.36. The lowest BCUT2D eigenvalue weighted by Crippen LogP contribution is -2.07. The zero-order valence-electron chi connectivity index (χ0n) is 9.91. The Bertz CT molecular complexity index is 625. The molecule has 1 aromatic carbocycles. The highest BCUT2D eigenvalue weighted by atomic mass is 19.2. The fourth-order valence-corrected chi connectivity index (χ4v) is 1.53. The number of aromatic carboxylic acids is 1. The van der Waals surface area contributed by atoms with E-state index in [2.05, 4.69) is 10.5 Å². The summed E-state index contributed by atoms with van der Waals surface area (Å²) in [6, 6.07) is 3.80. The average Bonchev–Trinajstić information content (AvgIpc) is 2.76. The van der Waals surface area contributed by atoms with Gasteiger partial charge in [0.05, 0.1) is 23.5 Å². The zero-order valence-corrected chi connectivity index (χ0v) is 9.91. The maximum absolute atomic E-state index is 13.6. The minimum Gasteiger partial charge on any atom is -0.478 e. The Morgan fingerprint density at radius 3 is 2.74 bits per heavy atom. The van der Waals surface area contributed by atoms with E-state index in [4.69, 9.17) is 9.63 Å². The Labute approximate surface area is 106 Å². The van der Waals surface area contributed by atoms with Crippen molar-refractivity contribution < 1.29 is 23.2 Å². The van der Waals surface area contributed by atoms with Crippen molar-refractivity contribution in [2.45, 2.75) is 13.5 Å². The van der Waals surface area contributed by atoms with Crippen molar-refractivity contribution in [3.63, 3.8) is 0 Å². The predicted molar refractivity (Wildman–Crippen MR) is 61.9 cm³/mol. The number of rotatable bonds is 4. The van der Waals surface area contributed by atoms with Gasteiger partial charge in [-0.2, -0.15) is 0 Å². The number of nitrogens with zero attached hydrogens (tertiary/aromatic N) is 1. The molecule has 0 atom stereocenters. The van der Waals surface area contributed by atoms with E-state index in [1.807, 2.05) is 0 Å². The van der Waals surface area contributed by atoms with Crippen LogP contribution in [0.5, 0.6) is 0 Å². The Morgan fingerprint density at radius 2 is 2.16 bits per heavy atom. The smallest absolute Gasteiger partial charge is 0.338 e. The molecule has 2 rings (SSSR count). The van der Waals surface area contributed by atoms with Crippen LogP contribution in [0.1, 0.15) is 21.8 Å². The van der Waals surface area contributed by atoms with Gasteiger partial charge in [-0.3, -0.25) is 0 Å². The van der Waals surface area contributed by atoms with Gasteiger partial charge >= 0.3 is 5.97 Å². The van der Waals surface area contributed by atoms with E-state index in [-0.39, 0.29) is 12.2 Å². The maximum atomic E-state index is 13.6. The first-order chi connectivity index (χ1) is 8.99. The highest BCUT2D eigenvalue weighted by Crippen LogP contribution is 2.21. The lowest BCUT2D eigenvalue weighted by atomic mass is 10.2. The van der Waals surface area contributed by atoms with Crippen LogP contribution in [0.3, 0.4) is 0 Å². The summed E-state index contributed by atoms with van der Waals surface area (Å²) in [4.78, 5) is 10.6. The van der Waals surface area contributed by atoms with Gasteiger partial charge in [0, 0.05) is 6.07 Å². The summed E-state index contributed by atoms with van der Waals surface area (Å²) in [6.45, 7) is 1.85. The molecule has 0 fully saturated rings. The van der Waals surface area contributed by atoms with Crippen molar-refractivity contribution in [1.29, 1.82) is 0 Å². The SMILES string of the molecule is Cc1cc(CNc2ccc(C(=O)O)c(F)c2F)on1. The van der Waals surface area contributed by atoms with Crippen molar-refractivity contribution in [3.8, 4) is 0 Å². The van der Waals surface area contributed by atoms with Gasteiger partial charge in [-0.15, -0.1) is 0 Å². The third-order valence-electron chi connectivity index (χ3n) is 2.44. The summed E-state index contributed by atoms with van der Waals surface area (Å²) in [7, 11) is 0. The third-order valence-corrected chi connectivity index (χ3v) is 2.44. The molecule has 0 radical (unpaired) electrons. The zero-order chi connectivity index (χ0) is 14.0. The summed E-state index contributed by atoms with van der Waals surface area (Å²) in [5, 5.41) is 14.9. The van der Waals surface area contributed by atoms with Gasteiger partial charge in [-0.25, -0.2) is 13.6 Å². The summed E-state index contributed by atoms with van der Waals surface area (Å²) >= 11 is 0. The minimum atomic E-state index is -1.52. The Hall–Kier alpha value is -2.44. The highest BCUT2D eigenvalue weighted by Gasteiger charge is 2.17. The van der Waals surface area contributed by atoms with Gasteiger partial charge in [0.25, 0.3) is 0 Å². The molecule has 0 bridgehead atoms. The number of halogens is 2. The molecular formula is C12H10F2N2O3. The number of hydrogen-bond acceptors (Lipinski definition) is 4. The van der Waals surface area contributed by atoms with E-state index in [1.165, 1.54) is 0 Å². The first kappa shape index (κ1) is 13.0. The predicted octanol–water partition coefficient (Wildman–Crippen LogP) is 2.57. The number of nitrogens with one attached hydrogen (secondary N) is 1. The van der Waals surface area contributed by atoms with Gasteiger partial charge in [0.2, 0.25) is 0 Å². The summed E-state index contributed by atoms with van der Waals surface area (Å²) in [5.41, 5.74) is -0.181. The monoisotopic (exact) mass is 268 g/mol. The number of aromatic nitrogens is 1. The van der Waals surface area contributed by atoms with Gasteiger partial charge in [0.1, 0.15) is 0 Å². The van der Waals surface area contributed by atoms with Crippen molar-refractivity contribution in [2.75, 3.05) is 5.32 Å². The largest absolute Gasteiger partial charge is 0.478 e. The molecule has 1 aromatic heterocycles. The van der Waals surface area contributed by atoms with Gasteiger partial charge < -0.3 is 14.9 Å². The van der Waals surface area contributed by atoms with E-state index >= 15 is 0 Å². The van der Waals surface area contributed by atoms with Crippen LogP contribution in [0.25, 0.3) is 0 Å².